The summed E-state index contributed by atoms with van der Waals surface area (Å²) in [7, 11) is 0. The first kappa shape index (κ1) is 13.7. The molecule has 1 aromatic rings. The summed E-state index contributed by atoms with van der Waals surface area (Å²) in [6.07, 6.45) is 2.16. The maximum Gasteiger partial charge on any atom is 0.338 e. The smallest absolute Gasteiger partial charge is 0.338 e. The highest BCUT2D eigenvalue weighted by molar-refractivity contribution is 5.91. The Morgan fingerprint density at radius 3 is 2.84 bits per heavy atom. The number of piperidine rings is 1. The fraction of sp³-hybridized carbons (Fsp3) is 0.500. The predicted octanol–water partition coefficient (Wildman–Crippen LogP) is 1.61. The molecule has 0 radical (unpaired) electrons. The van der Waals surface area contributed by atoms with Gasteiger partial charge in [-0.25, -0.2) is 4.79 Å². The van der Waals surface area contributed by atoms with Crippen molar-refractivity contribution in [3.05, 3.63) is 23.8 Å². The van der Waals surface area contributed by atoms with Gasteiger partial charge in [0.15, 0.2) is 0 Å². The molecule has 0 amide bonds. The zero-order valence-corrected chi connectivity index (χ0v) is 11.2. The minimum atomic E-state index is -0.331. The van der Waals surface area contributed by atoms with Crippen LogP contribution in [0.2, 0.25) is 0 Å². The molecular formula is C14H21N3O2. The second-order valence-electron chi connectivity index (χ2n) is 4.69. The predicted molar refractivity (Wildman–Crippen MR) is 76.3 cm³/mol. The molecule has 19 heavy (non-hydrogen) atoms. The third kappa shape index (κ3) is 3.61. The van der Waals surface area contributed by atoms with E-state index in [-0.39, 0.29) is 5.97 Å². The molecule has 4 N–H and O–H groups in total. The summed E-state index contributed by atoms with van der Waals surface area (Å²) in [5.74, 6) is -0.331. The molecule has 5 heteroatoms. The molecule has 1 heterocycles. The van der Waals surface area contributed by atoms with Crippen LogP contribution in [0.4, 0.5) is 11.4 Å². The summed E-state index contributed by atoms with van der Waals surface area (Å²) in [6, 6.07) is 5.71. The van der Waals surface area contributed by atoms with Crippen LogP contribution >= 0.6 is 0 Å². The number of nitrogen functional groups attached to an aromatic ring is 1. The number of nitrogens with one attached hydrogen (secondary N) is 2. The first-order valence-corrected chi connectivity index (χ1v) is 6.74. The van der Waals surface area contributed by atoms with Gasteiger partial charge in [0.1, 0.15) is 0 Å². The van der Waals surface area contributed by atoms with Crippen LogP contribution in [0.3, 0.4) is 0 Å². The number of benzene rings is 1. The van der Waals surface area contributed by atoms with E-state index in [2.05, 4.69) is 10.6 Å². The number of carbonyl (C=O) groups excluding carboxylic acids is 1. The fourth-order valence-electron chi connectivity index (χ4n) is 2.22. The average Bonchev–Trinajstić information content (AvgIpc) is 2.42. The van der Waals surface area contributed by atoms with Crippen LogP contribution in [-0.2, 0) is 4.74 Å². The Hall–Kier alpha value is -1.75. The number of hydrogen-bond donors (Lipinski definition) is 3. The van der Waals surface area contributed by atoms with E-state index in [1.54, 1.807) is 19.1 Å². The van der Waals surface area contributed by atoms with Crippen molar-refractivity contribution in [3.63, 3.8) is 0 Å². The van der Waals surface area contributed by atoms with Gasteiger partial charge in [-0.1, -0.05) is 0 Å². The number of ether oxygens (including phenoxy) is 1. The SMILES string of the molecule is CCOC(=O)c1ccc(NC2CCNCC2)c(N)c1. The highest BCUT2D eigenvalue weighted by atomic mass is 16.5. The minimum absolute atomic E-state index is 0.331. The molecule has 1 aliphatic heterocycles. The molecule has 0 atom stereocenters. The van der Waals surface area contributed by atoms with E-state index in [4.69, 9.17) is 10.5 Å². The van der Waals surface area contributed by atoms with Gasteiger partial charge in [0.2, 0.25) is 0 Å². The van der Waals surface area contributed by atoms with Crippen molar-refractivity contribution in [1.82, 2.24) is 5.32 Å². The molecule has 1 aliphatic rings. The van der Waals surface area contributed by atoms with E-state index in [1.807, 2.05) is 6.07 Å². The Morgan fingerprint density at radius 1 is 1.47 bits per heavy atom. The normalized spacial score (nSPS) is 16.1. The van der Waals surface area contributed by atoms with Gasteiger partial charge in [-0.05, 0) is 51.1 Å². The maximum atomic E-state index is 11.6. The van der Waals surface area contributed by atoms with Crippen molar-refractivity contribution in [2.75, 3.05) is 30.7 Å². The Balaban J connectivity index is 2.04. The van der Waals surface area contributed by atoms with Crippen molar-refractivity contribution < 1.29 is 9.53 Å². The summed E-state index contributed by atoms with van der Waals surface area (Å²) < 4.78 is 4.95. The maximum absolute atomic E-state index is 11.6. The number of carbonyl (C=O) groups is 1. The van der Waals surface area contributed by atoms with Crippen LogP contribution < -0.4 is 16.4 Å². The van der Waals surface area contributed by atoms with E-state index >= 15 is 0 Å². The van der Waals surface area contributed by atoms with Crippen LogP contribution in [-0.4, -0.2) is 31.7 Å². The molecule has 0 unspecified atom stereocenters. The second-order valence-corrected chi connectivity index (χ2v) is 4.69. The lowest BCUT2D eigenvalue weighted by Crippen LogP contribution is -2.35. The van der Waals surface area contributed by atoms with E-state index in [0.29, 0.717) is 23.9 Å². The molecule has 1 aromatic carbocycles. The van der Waals surface area contributed by atoms with Crippen LogP contribution in [0.1, 0.15) is 30.1 Å². The van der Waals surface area contributed by atoms with Crippen LogP contribution in [0.5, 0.6) is 0 Å². The molecule has 5 nitrogen and oxygen atoms in total. The quantitative estimate of drug-likeness (QED) is 0.568. The van der Waals surface area contributed by atoms with Crippen molar-refractivity contribution in [1.29, 1.82) is 0 Å². The Labute approximate surface area is 113 Å². The van der Waals surface area contributed by atoms with E-state index in [1.165, 1.54) is 0 Å². The monoisotopic (exact) mass is 263 g/mol. The number of esters is 1. The van der Waals surface area contributed by atoms with Crippen LogP contribution in [0.15, 0.2) is 18.2 Å². The molecule has 2 rings (SSSR count). The second kappa shape index (κ2) is 6.43. The Kier molecular flexibility index (Phi) is 4.63. The van der Waals surface area contributed by atoms with Gasteiger partial charge >= 0.3 is 5.97 Å². The minimum Gasteiger partial charge on any atom is -0.462 e. The first-order valence-electron chi connectivity index (χ1n) is 6.74. The van der Waals surface area contributed by atoms with E-state index in [9.17, 15) is 4.79 Å². The molecule has 1 saturated heterocycles. The van der Waals surface area contributed by atoms with Gasteiger partial charge in [-0.3, -0.25) is 0 Å². The number of rotatable bonds is 4. The van der Waals surface area contributed by atoms with E-state index in [0.717, 1.165) is 31.6 Å². The van der Waals surface area contributed by atoms with Gasteiger partial charge < -0.3 is 21.1 Å². The third-order valence-corrected chi connectivity index (χ3v) is 3.26. The largest absolute Gasteiger partial charge is 0.462 e. The van der Waals surface area contributed by atoms with E-state index < -0.39 is 0 Å². The van der Waals surface area contributed by atoms with Crippen molar-refractivity contribution in [2.45, 2.75) is 25.8 Å². The average molecular weight is 263 g/mol. The zero-order chi connectivity index (χ0) is 13.7. The zero-order valence-electron chi connectivity index (χ0n) is 11.2. The summed E-state index contributed by atoms with van der Waals surface area (Å²) in [5.41, 5.74) is 7.96. The van der Waals surface area contributed by atoms with Gasteiger partial charge in [0.05, 0.1) is 23.5 Å². The summed E-state index contributed by atoms with van der Waals surface area (Å²) in [5, 5.41) is 6.75. The molecule has 0 saturated carbocycles. The Morgan fingerprint density at radius 2 is 2.21 bits per heavy atom. The summed E-state index contributed by atoms with van der Waals surface area (Å²) in [4.78, 5) is 11.6. The van der Waals surface area contributed by atoms with Crippen molar-refractivity contribution >= 4 is 17.3 Å². The first-order chi connectivity index (χ1) is 9.20. The lowest BCUT2D eigenvalue weighted by Gasteiger charge is -2.25. The number of hydrogen-bond acceptors (Lipinski definition) is 5. The summed E-state index contributed by atoms with van der Waals surface area (Å²) in [6.45, 7) is 4.21. The van der Waals surface area contributed by atoms with Crippen molar-refractivity contribution in [3.8, 4) is 0 Å². The van der Waals surface area contributed by atoms with Gasteiger partial charge in [0, 0.05) is 6.04 Å². The van der Waals surface area contributed by atoms with Gasteiger partial charge in [-0.15, -0.1) is 0 Å². The number of anilines is 2. The molecule has 0 aliphatic carbocycles. The third-order valence-electron chi connectivity index (χ3n) is 3.26. The Bertz CT molecular complexity index is 442. The molecule has 0 bridgehead atoms. The summed E-state index contributed by atoms with van der Waals surface area (Å²) >= 11 is 0. The lowest BCUT2D eigenvalue weighted by atomic mass is 10.1. The topological polar surface area (TPSA) is 76.4 Å². The fourth-order valence-corrected chi connectivity index (χ4v) is 2.22. The molecule has 1 fully saturated rings. The molecule has 0 aromatic heterocycles. The number of nitrogens with two attached hydrogens (primary N) is 1. The molecule has 104 valence electrons. The molecule has 0 spiro atoms. The highest BCUT2D eigenvalue weighted by Crippen LogP contribution is 2.23. The lowest BCUT2D eigenvalue weighted by molar-refractivity contribution is 0.0526. The highest BCUT2D eigenvalue weighted by Gasteiger charge is 2.14. The van der Waals surface area contributed by atoms with Gasteiger partial charge in [0.25, 0.3) is 0 Å². The van der Waals surface area contributed by atoms with Gasteiger partial charge in [-0.2, -0.15) is 0 Å². The van der Waals surface area contributed by atoms with Crippen LogP contribution in [0.25, 0.3) is 0 Å². The standard InChI is InChI=1S/C14H21N3O2/c1-2-19-14(18)10-3-4-13(12(15)9-10)17-11-5-7-16-8-6-11/h3-4,9,11,16-17H,2,5-8,15H2,1H3. The van der Waals surface area contributed by atoms with Crippen molar-refractivity contribution in [2.24, 2.45) is 0 Å². The van der Waals surface area contributed by atoms with Crippen LogP contribution in [0, 0.1) is 0 Å². The molecular weight excluding hydrogens is 242 g/mol.